The van der Waals surface area contributed by atoms with Crippen LogP contribution in [-0.2, 0) is 16.4 Å². The van der Waals surface area contributed by atoms with E-state index in [1.165, 1.54) is 0 Å². The summed E-state index contributed by atoms with van der Waals surface area (Å²) < 4.78 is 14.2. The Bertz CT molecular complexity index is 702. The second-order valence-corrected chi connectivity index (χ2v) is 6.64. The van der Waals surface area contributed by atoms with Crippen molar-refractivity contribution in [2.24, 2.45) is 7.05 Å². The molecule has 0 amide bonds. The molecule has 2 aromatic rings. The van der Waals surface area contributed by atoms with Crippen LogP contribution in [-0.4, -0.2) is 29.2 Å². The molecule has 0 atom stereocenters. The van der Waals surface area contributed by atoms with Crippen molar-refractivity contribution in [2.45, 2.75) is 38.9 Å². The molecule has 0 N–H and O–H groups in total. The fraction of sp³-hybridized carbons (Fsp3) is 0.438. The molecule has 1 fully saturated rings. The van der Waals surface area contributed by atoms with Crippen molar-refractivity contribution >= 4 is 29.8 Å². The highest BCUT2D eigenvalue weighted by molar-refractivity contribution is 6.65. The third-order valence-electron chi connectivity index (χ3n) is 4.71. The Morgan fingerprint density at radius 1 is 1.14 bits per heavy atom. The zero-order chi connectivity index (χ0) is 15.4. The lowest BCUT2D eigenvalue weighted by Gasteiger charge is -2.32. The highest BCUT2D eigenvalue weighted by Gasteiger charge is 2.52. The number of hydrogen-bond donors (Lipinski definition) is 0. The Hall–Kier alpha value is -1.59. The average Bonchev–Trinajstić information content (AvgIpc) is 2.84. The van der Waals surface area contributed by atoms with Gasteiger partial charge < -0.3 is 13.9 Å². The monoisotopic (exact) mass is 285 g/mol. The molecule has 1 aromatic carbocycles. The minimum Gasteiger partial charge on any atom is -0.399 e. The summed E-state index contributed by atoms with van der Waals surface area (Å²) in [6, 6.07) is 5.94. The second kappa shape index (κ2) is 4.45. The lowest BCUT2D eigenvalue weighted by Crippen LogP contribution is -2.41. The zero-order valence-corrected chi connectivity index (χ0v) is 13.1. The molecular weight excluding hydrogens is 265 g/mol. The molecule has 1 aliphatic rings. The summed E-state index contributed by atoms with van der Waals surface area (Å²) in [7, 11) is 1.48. The van der Waals surface area contributed by atoms with Crippen molar-refractivity contribution in [2.75, 3.05) is 0 Å². The minimum absolute atomic E-state index is 0.393. The van der Waals surface area contributed by atoms with Gasteiger partial charge in [0.25, 0.3) is 0 Å². The van der Waals surface area contributed by atoms with Crippen LogP contribution in [0.2, 0.25) is 0 Å². The van der Waals surface area contributed by atoms with E-state index in [4.69, 9.17) is 9.31 Å². The highest BCUT2D eigenvalue weighted by Crippen LogP contribution is 2.37. The summed E-state index contributed by atoms with van der Waals surface area (Å²) in [5.74, 6) is 0. The van der Waals surface area contributed by atoms with Gasteiger partial charge in [0.15, 0.2) is 6.29 Å². The van der Waals surface area contributed by atoms with Gasteiger partial charge in [0.1, 0.15) is 0 Å². The van der Waals surface area contributed by atoms with Gasteiger partial charge in [0.05, 0.1) is 11.2 Å². The van der Waals surface area contributed by atoms with Crippen molar-refractivity contribution in [3.05, 3.63) is 30.0 Å². The van der Waals surface area contributed by atoms with E-state index >= 15 is 0 Å². The van der Waals surface area contributed by atoms with Crippen molar-refractivity contribution in [3.63, 3.8) is 0 Å². The molecule has 1 aliphatic heterocycles. The molecule has 0 saturated carbocycles. The predicted molar refractivity (Wildman–Crippen MR) is 84.0 cm³/mol. The van der Waals surface area contributed by atoms with Gasteiger partial charge >= 0.3 is 7.12 Å². The van der Waals surface area contributed by atoms with Crippen LogP contribution in [0.4, 0.5) is 0 Å². The van der Waals surface area contributed by atoms with Crippen molar-refractivity contribution in [1.82, 2.24) is 4.57 Å². The van der Waals surface area contributed by atoms with E-state index in [2.05, 4.69) is 0 Å². The molecule has 0 radical (unpaired) electrons. The first-order chi connectivity index (χ1) is 9.77. The van der Waals surface area contributed by atoms with Crippen LogP contribution in [0.5, 0.6) is 0 Å². The number of fused-ring (bicyclic) bond motifs is 1. The fourth-order valence-electron chi connectivity index (χ4n) is 2.76. The molecule has 110 valence electrons. The molecule has 0 spiro atoms. The largest absolute Gasteiger partial charge is 0.495 e. The standard InChI is InChI=1S/C16H20BNO3/c1-15(2)16(3,4)21-17(20-15)12-7-6-8-13-14(12)11(10-19)9-18(13)5/h6-10H,1-5H3. The number of rotatable bonds is 2. The maximum absolute atomic E-state index is 11.4. The molecule has 0 bridgehead atoms. The molecule has 1 saturated heterocycles. The predicted octanol–water partition coefficient (Wildman–Crippen LogP) is 2.29. The number of aromatic nitrogens is 1. The van der Waals surface area contributed by atoms with Gasteiger partial charge in [-0.1, -0.05) is 12.1 Å². The smallest absolute Gasteiger partial charge is 0.399 e. The van der Waals surface area contributed by atoms with E-state index in [-0.39, 0.29) is 0 Å². The molecule has 0 aliphatic carbocycles. The van der Waals surface area contributed by atoms with Crippen LogP contribution < -0.4 is 5.46 Å². The molecule has 2 heterocycles. The molecular formula is C16H20BNO3. The third-order valence-corrected chi connectivity index (χ3v) is 4.71. The Labute approximate surface area is 125 Å². The van der Waals surface area contributed by atoms with Crippen molar-refractivity contribution < 1.29 is 14.1 Å². The first-order valence-corrected chi connectivity index (χ1v) is 7.15. The molecule has 1 aromatic heterocycles. The SMILES string of the molecule is Cn1cc(C=O)c2c(B3OC(C)(C)C(C)(C)O3)cccc21. The number of carbonyl (C=O) groups is 1. The highest BCUT2D eigenvalue weighted by atomic mass is 16.7. The maximum Gasteiger partial charge on any atom is 0.495 e. The van der Waals surface area contributed by atoms with E-state index in [9.17, 15) is 4.79 Å². The molecule has 3 rings (SSSR count). The van der Waals surface area contributed by atoms with Crippen LogP contribution >= 0.6 is 0 Å². The second-order valence-electron chi connectivity index (χ2n) is 6.64. The average molecular weight is 285 g/mol. The van der Waals surface area contributed by atoms with Crippen molar-refractivity contribution in [3.8, 4) is 0 Å². The van der Waals surface area contributed by atoms with Crippen LogP contribution in [0.25, 0.3) is 10.9 Å². The summed E-state index contributed by atoms with van der Waals surface area (Å²) in [6.07, 6.45) is 2.73. The number of aldehydes is 1. The Kier molecular flexibility index (Phi) is 3.04. The summed E-state index contributed by atoms with van der Waals surface area (Å²) in [4.78, 5) is 11.4. The van der Waals surface area contributed by atoms with Gasteiger partial charge in [-0.2, -0.15) is 0 Å². The van der Waals surface area contributed by atoms with E-state index in [1.807, 2.05) is 63.7 Å². The molecule has 0 unspecified atom stereocenters. The summed E-state index contributed by atoms with van der Waals surface area (Å²) in [5.41, 5.74) is 1.79. The van der Waals surface area contributed by atoms with Crippen LogP contribution in [0, 0.1) is 0 Å². The fourth-order valence-corrected chi connectivity index (χ4v) is 2.76. The van der Waals surface area contributed by atoms with Gasteiger partial charge in [0, 0.05) is 29.7 Å². The first-order valence-electron chi connectivity index (χ1n) is 7.15. The Balaban J connectivity index is 2.16. The number of carbonyl (C=O) groups excluding carboxylic acids is 1. The molecule has 21 heavy (non-hydrogen) atoms. The molecule has 4 nitrogen and oxygen atoms in total. The van der Waals surface area contributed by atoms with E-state index < -0.39 is 18.3 Å². The van der Waals surface area contributed by atoms with Gasteiger partial charge in [0.2, 0.25) is 0 Å². The minimum atomic E-state index is -0.459. The van der Waals surface area contributed by atoms with Crippen LogP contribution in [0.3, 0.4) is 0 Å². The van der Waals surface area contributed by atoms with Gasteiger partial charge in [-0.3, -0.25) is 4.79 Å². The first kappa shape index (κ1) is 14.4. The lowest BCUT2D eigenvalue weighted by atomic mass is 9.76. The van der Waals surface area contributed by atoms with Crippen molar-refractivity contribution in [1.29, 1.82) is 0 Å². The quantitative estimate of drug-likeness (QED) is 0.628. The normalized spacial score (nSPS) is 20.1. The molecule has 5 heteroatoms. The summed E-state index contributed by atoms with van der Waals surface area (Å²) in [5, 5.41) is 0.911. The zero-order valence-electron chi connectivity index (χ0n) is 13.1. The number of aryl methyl sites for hydroxylation is 1. The number of benzene rings is 1. The van der Waals surface area contributed by atoms with Gasteiger partial charge in [-0.15, -0.1) is 0 Å². The van der Waals surface area contributed by atoms with E-state index in [0.29, 0.717) is 5.56 Å². The number of hydrogen-bond acceptors (Lipinski definition) is 3. The van der Waals surface area contributed by atoms with E-state index in [0.717, 1.165) is 22.7 Å². The summed E-state index contributed by atoms with van der Waals surface area (Å²) in [6.45, 7) is 8.11. The lowest BCUT2D eigenvalue weighted by molar-refractivity contribution is 0.00578. The van der Waals surface area contributed by atoms with Crippen LogP contribution in [0.1, 0.15) is 38.1 Å². The van der Waals surface area contributed by atoms with Gasteiger partial charge in [-0.05, 0) is 39.2 Å². The summed E-state index contributed by atoms with van der Waals surface area (Å²) >= 11 is 0. The van der Waals surface area contributed by atoms with E-state index in [1.54, 1.807) is 0 Å². The topological polar surface area (TPSA) is 40.5 Å². The van der Waals surface area contributed by atoms with Crippen LogP contribution in [0.15, 0.2) is 24.4 Å². The number of nitrogens with zero attached hydrogens (tertiary/aromatic N) is 1. The third kappa shape index (κ3) is 2.03. The Morgan fingerprint density at radius 2 is 1.76 bits per heavy atom. The van der Waals surface area contributed by atoms with Gasteiger partial charge in [-0.25, -0.2) is 0 Å². The maximum atomic E-state index is 11.4. The Morgan fingerprint density at radius 3 is 2.33 bits per heavy atom.